The Labute approximate surface area is 113 Å². The van der Waals surface area contributed by atoms with E-state index in [-0.39, 0.29) is 0 Å². The molecule has 2 rings (SSSR count). The second-order valence-electron chi connectivity index (χ2n) is 5.32. The Morgan fingerprint density at radius 1 is 0.875 bits per heavy atom. The molecule has 16 heavy (non-hydrogen) atoms. The van der Waals surface area contributed by atoms with Crippen LogP contribution in [0.1, 0.15) is 39.5 Å². The molecule has 3 heteroatoms. The predicted octanol–water partition coefficient (Wildman–Crippen LogP) is 4.74. The summed E-state index contributed by atoms with van der Waals surface area (Å²) in [6, 6.07) is 0. The fourth-order valence-corrected chi connectivity index (χ4v) is 6.43. The van der Waals surface area contributed by atoms with Crippen LogP contribution >= 0.6 is 35.3 Å². The number of rotatable bonds is 3. The van der Waals surface area contributed by atoms with Gasteiger partial charge in [-0.2, -0.15) is 11.8 Å². The van der Waals surface area contributed by atoms with Crippen molar-refractivity contribution in [1.29, 1.82) is 0 Å². The van der Waals surface area contributed by atoms with Gasteiger partial charge >= 0.3 is 0 Å². The molecule has 0 aromatic heterocycles. The van der Waals surface area contributed by atoms with E-state index in [0.717, 1.165) is 21.7 Å². The number of thioether (sulfide) groups is 3. The van der Waals surface area contributed by atoms with Gasteiger partial charge in [0.1, 0.15) is 0 Å². The van der Waals surface area contributed by atoms with E-state index in [2.05, 4.69) is 49.1 Å². The Kier molecular flexibility index (Phi) is 5.77. The van der Waals surface area contributed by atoms with E-state index in [4.69, 9.17) is 0 Å². The summed E-state index contributed by atoms with van der Waals surface area (Å²) < 4.78 is 0.848. The van der Waals surface area contributed by atoms with E-state index in [9.17, 15) is 0 Å². The quantitative estimate of drug-likeness (QED) is 0.731. The van der Waals surface area contributed by atoms with Gasteiger partial charge in [0.25, 0.3) is 0 Å². The zero-order valence-corrected chi connectivity index (χ0v) is 12.9. The smallest absolute Gasteiger partial charge is 0.0474 e. The zero-order chi connectivity index (χ0) is 11.4. The fourth-order valence-electron chi connectivity index (χ4n) is 2.39. The van der Waals surface area contributed by atoms with Crippen molar-refractivity contribution in [3.05, 3.63) is 0 Å². The van der Waals surface area contributed by atoms with E-state index in [1.165, 1.54) is 42.9 Å². The second-order valence-corrected chi connectivity index (χ2v) is 9.69. The van der Waals surface area contributed by atoms with Crippen molar-refractivity contribution in [3.8, 4) is 0 Å². The topological polar surface area (TPSA) is 0 Å². The summed E-state index contributed by atoms with van der Waals surface area (Å²) in [7, 11) is 0. The molecule has 2 aliphatic rings. The molecular weight excluding hydrogens is 252 g/mol. The minimum absolute atomic E-state index is 0.848. The van der Waals surface area contributed by atoms with Crippen molar-refractivity contribution in [2.45, 2.75) is 49.4 Å². The van der Waals surface area contributed by atoms with Gasteiger partial charge in [-0.3, -0.25) is 0 Å². The highest BCUT2D eigenvalue weighted by Gasteiger charge is 2.22. The monoisotopic (exact) mass is 276 g/mol. The Morgan fingerprint density at radius 3 is 2.25 bits per heavy atom. The van der Waals surface area contributed by atoms with Crippen molar-refractivity contribution in [2.75, 3.05) is 17.3 Å². The van der Waals surface area contributed by atoms with E-state index >= 15 is 0 Å². The van der Waals surface area contributed by atoms with Gasteiger partial charge in [-0.1, -0.05) is 6.92 Å². The molecule has 0 amide bonds. The molecule has 0 aromatic carbocycles. The first-order valence-electron chi connectivity index (χ1n) is 6.59. The third-order valence-corrected chi connectivity index (χ3v) is 8.42. The minimum atomic E-state index is 0.848. The Bertz CT molecular complexity index is 169. The second kappa shape index (κ2) is 6.84. The molecular formula is C13H24S3. The molecule has 2 unspecified atom stereocenters. The first-order valence-corrected chi connectivity index (χ1v) is 9.73. The maximum atomic E-state index is 2.40. The largest absolute Gasteiger partial charge is 0.158 e. The molecule has 94 valence electrons. The Balaban J connectivity index is 1.60. The molecule has 2 aliphatic heterocycles. The highest BCUT2D eigenvalue weighted by molar-refractivity contribution is 8.17. The Morgan fingerprint density at radius 2 is 1.62 bits per heavy atom. The lowest BCUT2D eigenvalue weighted by atomic mass is 10.00. The molecule has 0 aromatic rings. The normalized spacial score (nSPS) is 40.9. The highest BCUT2D eigenvalue weighted by atomic mass is 32.2. The third-order valence-electron chi connectivity index (χ3n) is 3.63. The van der Waals surface area contributed by atoms with Gasteiger partial charge in [-0.15, -0.1) is 23.5 Å². The van der Waals surface area contributed by atoms with Crippen LogP contribution < -0.4 is 0 Å². The lowest BCUT2D eigenvalue weighted by Gasteiger charge is -2.29. The molecule has 0 nitrogen and oxygen atoms in total. The fraction of sp³-hybridized carbons (Fsp3) is 1.00. The van der Waals surface area contributed by atoms with Gasteiger partial charge in [0, 0.05) is 9.83 Å². The number of hydrogen-bond donors (Lipinski definition) is 0. The van der Waals surface area contributed by atoms with Crippen LogP contribution in [0.15, 0.2) is 0 Å². The predicted molar refractivity (Wildman–Crippen MR) is 81.7 cm³/mol. The van der Waals surface area contributed by atoms with Crippen molar-refractivity contribution >= 4 is 35.3 Å². The standard InChI is InChI=1S/C13H24S3/c1-10-3-5-13(16-7-10)6-4-12-8-14-11(2)15-9-12/h10-13H,3-9H2,1-2H3. The summed E-state index contributed by atoms with van der Waals surface area (Å²) in [6.07, 6.45) is 5.93. The van der Waals surface area contributed by atoms with Gasteiger partial charge in [0.15, 0.2) is 0 Å². The maximum absolute atomic E-state index is 2.40. The molecule has 2 saturated heterocycles. The van der Waals surface area contributed by atoms with Crippen molar-refractivity contribution in [3.63, 3.8) is 0 Å². The molecule has 2 fully saturated rings. The summed E-state index contributed by atoms with van der Waals surface area (Å²) >= 11 is 6.59. The van der Waals surface area contributed by atoms with Crippen LogP contribution in [0, 0.1) is 11.8 Å². The van der Waals surface area contributed by atoms with Crippen molar-refractivity contribution in [2.24, 2.45) is 11.8 Å². The first kappa shape index (κ1) is 13.5. The van der Waals surface area contributed by atoms with Crippen molar-refractivity contribution < 1.29 is 0 Å². The van der Waals surface area contributed by atoms with Gasteiger partial charge in [-0.05, 0) is 61.7 Å². The number of hydrogen-bond acceptors (Lipinski definition) is 3. The lowest BCUT2D eigenvalue weighted by molar-refractivity contribution is 0.486. The molecule has 0 aliphatic carbocycles. The summed E-state index contributed by atoms with van der Waals surface area (Å²) in [5.74, 6) is 6.23. The molecule has 0 N–H and O–H groups in total. The molecule has 2 atom stereocenters. The van der Waals surface area contributed by atoms with Crippen LogP contribution in [0.2, 0.25) is 0 Å². The average molecular weight is 277 g/mol. The van der Waals surface area contributed by atoms with Gasteiger partial charge < -0.3 is 0 Å². The SMILES string of the molecule is CC1CCC(CCC2CSC(C)SC2)SC1. The van der Waals surface area contributed by atoms with Gasteiger partial charge in [0.05, 0.1) is 0 Å². The maximum Gasteiger partial charge on any atom is 0.0474 e. The summed E-state index contributed by atoms with van der Waals surface area (Å²) in [5, 5.41) is 0.991. The third kappa shape index (κ3) is 4.38. The first-order chi connectivity index (χ1) is 7.74. The van der Waals surface area contributed by atoms with Crippen LogP contribution in [0.25, 0.3) is 0 Å². The van der Waals surface area contributed by atoms with Crippen LogP contribution in [0.4, 0.5) is 0 Å². The molecule has 0 spiro atoms. The molecule has 0 bridgehead atoms. The zero-order valence-electron chi connectivity index (χ0n) is 10.5. The summed E-state index contributed by atoms with van der Waals surface area (Å²) in [4.78, 5) is 0. The molecule has 0 radical (unpaired) electrons. The molecule has 2 heterocycles. The highest BCUT2D eigenvalue weighted by Crippen LogP contribution is 2.37. The van der Waals surface area contributed by atoms with Crippen molar-refractivity contribution in [1.82, 2.24) is 0 Å². The van der Waals surface area contributed by atoms with E-state index < -0.39 is 0 Å². The minimum Gasteiger partial charge on any atom is -0.158 e. The van der Waals surface area contributed by atoms with Gasteiger partial charge in [0.2, 0.25) is 0 Å². The Hall–Kier alpha value is 1.05. The van der Waals surface area contributed by atoms with Gasteiger partial charge in [-0.25, -0.2) is 0 Å². The van der Waals surface area contributed by atoms with Crippen LogP contribution in [-0.4, -0.2) is 27.1 Å². The van der Waals surface area contributed by atoms with E-state index in [1.807, 2.05) is 0 Å². The van der Waals surface area contributed by atoms with E-state index in [0.29, 0.717) is 0 Å². The van der Waals surface area contributed by atoms with Crippen LogP contribution in [0.3, 0.4) is 0 Å². The summed E-state index contributed by atoms with van der Waals surface area (Å²) in [5.41, 5.74) is 0. The lowest BCUT2D eigenvalue weighted by Crippen LogP contribution is -2.20. The van der Waals surface area contributed by atoms with Crippen LogP contribution in [-0.2, 0) is 0 Å². The van der Waals surface area contributed by atoms with Crippen LogP contribution in [0.5, 0.6) is 0 Å². The molecule has 0 saturated carbocycles. The van der Waals surface area contributed by atoms with E-state index in [1.54, 1.807) is 0 Å². The average Bonchev–Trinajstić information content (AvgIpc) is 2.30. The summed E-state index contributed by atoms with van der Waals surface area (Å²) in [6.45, 7) is 4.75.